The average Bonchev–Trinajstić information content (AvgIpc) is 3.42. The fourth-order valence-electron chi connectivity index (χ4n) is 4.74. The number of ether oxygens (including phenoxy) is 4. The Bertz CT molecular complexity index is 1160. The zero-order chi connectivity index (χ0) is 20.9. The van der Waals surface area contributed by atoms with Crippen molar-refractivity contribution >= 4 is 23.4 Å². The van der Waals surface area contributed by atoms with Gasteiger partial charge in [0.15, 0.2) is 28.1 Å². The Hall–Kier alpha value is -3.19. The van der Waals surface area contributed by atoms with Crippen LogP contribution in [0.4, 0.5) is 0 Å². The van der Waals surface area contributed by atoms with Crippen molar-refractivity contribution in [1.29, 1.82) is 0 Å². The molecule has 0 radical (unpaired) electrons. The number of rotatable bonds is 2. The number of thiocarbonyl (C=S) groups is 1. The fourth-order valence-corrected chi connectivity index (χ4v) is 4.96. The van der Waals surface area contributed by atoms with Crippen LogP contribution in [0.25, 0.3) is 6.08 Å². The molecule has 7 heteroatoms. The second kappa shape index (κ2) is 7.20. The summed E-state index contributed by atoms with van der Waals surface area (Å²) in [6, 6.07) is 12.2. The van der Waals surface area contributed by atoms with E-state index >= 15 is 0 Å². The highest BCUT2D eigenvalue weighted by Crippen LogP contribution is 2.43. The summed E-state index contributed by atoms with van der Waals surface area (Å²) >= 11 is 5.59. The minimum Gasteiger partial charge on any atom is -0.454 e. The molecular formula is C24H22N2O4S. The molecule has 2 aromatic carbocycles. The Labute approximate surface area is 185 Å². The molecule has 2 N–H and O–H groups in total. The van der Waals surface area contributed by atoms with Crippen LogP contribution in [0, 0.1) is 5.92 Å². The van der Waals surface area contributed by atoms with Gasteiger partial charge in [0.1, 0.15) is 0 Å². The van der Waals surface area contributed by atoms with Crippen LogP contribution in [0.15, 0.2) is 53.2 Å². The summed E-state index contributed by atoms with van der Waals surface area (Å²) < 4.78 is 22.1. The summed E-state index contributed by atoms with van der Waals surface area (Å²) in [5.41, 5.74) is 5.91. The van der Waals surface area contributed by atoms with E-state index in [-0.39, 0.29) is 19.6 Å². The van der Waals surface area contributed by atoms with Crippen LogP contribution in [0.1, 0.15) is 36.9 Å². The first-order valence-electron chi connectivity index (χ1n) is 10.4. The van der Waals surface area contributed by atoms with Gasteiger partial charge in [0.25, 0.3) is 0 Å². The van der Waals surface area contributed by atoms with Crippen LogP contribution < -0.4 is 29.6 Å². The lowest BCUT2D eigenvalue weighted by atomic mass is 9.78. The first-order valence-corrected chi connectivity index (χ1v) is 10.9. The van der Waals surface area contributed by atoms with Crippen molar-refractivity contribution in [2.24, 2.45) is 5.92 Å². The molecule has 2 unspecified atom stereocenters. The second-order valence-electron chi connectivity index (χ2n) is 8.34. The predicted molar refractivity (Wildman–Crippen MR) is 120 cm³/mol. The van der Waals surface area contributed by atoms with E-state index in [4.69, 9.17) is 31.2 Å². The maximum Gasteiger partial charge on any atom is 0.231 e. The van der Waals surface area contributed by atoms with Crippen LogP contribution in [0.3, 0.4) is 0 Å². The zero-order valence-corrected chi connectivity index (χ0v) is 17.9. The van der Waals surface area contributed by atoms with Gasteiger partial charge in [-0.3, -0.25) is 0 Å². The molecule has 2 aromatic rings. The molecule has 0 bridgehead atoms. The monoisotopic (exact) mass is 434 g/mol. The van der Waals surface area contributed by atoms with Crippen LogP contribution in [0.2, 0.25) is 0 Å². The topological polar surface area (TPSA) is 61.0 Å². The smallest absolute Gasteiger partial charge is 0.231 e. The molecule has 0 saturated heterocycles. The van der Waals surface area contributed by atoms with E-state index in [2.05, 4.69) is 41.8 Å². The third-order valence-electron chi connectivity index (χ3n) is 6.11. The second-order valence-corrected chi connectivity index (χ2v) is 8.75. The molecule has 2 atom stereocenters. The van der Waals surface area contributed by atoms with Gasteiger partial charge in [-0.25, -0.2) is 0 Å². The Morgan fingerprint density at radius 2 is 1.61 bits per heavy atom. The number of fused-ring (bicyclic) bond motifs is 2. The molecule has 31 heavy (non-hydrogen) atoms. The summed E-state index contributed by atoms with van der Waals surface area (Å²) in [5, 5.41) is 7.53. The Morgan fingerprint density at radius 3 is 2.42 bits per heavy atom. The van der Waals surface area contributed by atoms with E-state index in [1.807, 2.05) is 18.2 Å². The van der Waals surface area contributed by atoms with Gasteiger partial charge in [-0.15, -0.1) is 0 Å². The van der Waals surface area contributed by atoms with E-state index in [1.54, 1.807) is 0 Å². The predicted octanol–water partition coefficient (Wildman–Crippen LogP) is 4.43. The molecule has 0 spiro atoms. The Morgan fingerprint density at radius 1 is 0.903 bits per heavy atom. The lowest BCUT2D eigenvalue weighted by Crippen LogP contribution is -2.45. The van der Waals surface area contributed by atoms with Crippen LogP contribution in [-0.2, 0) is 0 Å². The molecule has 0 aromatic heterocycles. The minimum atomic E-state index is 0.00107. The van der Waals surface area contributed by atoms with Gasteiger partial charge in [0, 0.05) is 5.70 Å². The summed E-state index contributed by atoms with van der Waals surface area (Å²) in [6.45, 7) is 2.84. The highest BCUT2D eigenvalue weighted by molar-refractivity contribution is 7.80. The molecule has 158 valence electrons. The van der Waals surface area contributed by atoms with Gasteiger partial charge in [-0.2, -0.15) is 0 Å². The molecule has 4 aliphatic rings. The first kappa shape index (κ1) is 18.6. The Kier molecular flexibility index (Phi) is 4.31. The number of hydrogen-bond acceptors (Lipinski definition) is 5. The highest BCUT2D eigenvalue weighted by atomic mass is 32.1. The van der Waals surface area contributed by atoms with Gasteiger partial charge >= 0.3 is 0 Å². The first-order chi connectivity index (χ1) is 15.1. The number of nitrogens with one attached hydrogen (secondary N) is 2. The largest absolute Gasteiger partial charge is 0.454 e. The van der Waals surface area contributed by atoms with Crippen molar-refractivity contribution < 1.29 is 18.9 Å². The van der Waals surface area contributed by atoms with Crippen molar-refractivity contribution in [2.75, 3.05) is 13.6 Å². The third-order valence-corrected chi connectivity index (χ3v) is 6.33. The zero-order valence-electron chi connectivity index (χ0n) is 17.1. The summed E-state index contributed by atoms with van der Waals surface area (Å²) in [4.78, 5) is 0. The molecule has 6 rings (SSSR count). The molecule has 6 nitrogen and oxygen atoms in total. The molecule has 1 aliphatic carbocycles. The van der Waals surface area contributed by atoms with E-state index in [1.165, 1.54) is 11.1 Å². The van der Waals surface area contributed by atoms with Crippen molar-refractivity contribution in [2.45, 2.75) is 25.8 Å². The number of hydrogen-bond donors (Lipinski definition) is 2. The standard InChI is InChI=1S/C24H22N2O4S/c1-13-6-16(8-14-2-4-18-20(9-14)29-11-27-18)23-17(7-13)22(25-24(31)26-23)15-3-5-19-21(10-15)30-12-28-19/h2-5,8-10,13,22H,6-7,11-12H2,1H3,(H2,25,26,31). The molecule has 0 fully saturated rings. The van der Waals surface area contributed by atoms with Crippen LogP contribution in [0.5, 0.6) is 23.0 Å². The normalized spacial score (nSPS) is 24.7. The number of benzene rings is 2. The van der Waals surface area contributed by atoms with Crippen molar-refractivity contribution in [3.05, 3.63) is 64.4 Å². The summed E-state index contributed by atoms with van der Waals surface area (Å²) in [7, 11) is 0. The van der Waals surface area contributed by atoms with Gasteiger partial charge in [0.2, 0.25) is 13.6 Å². The van der Waals surface area contributed by atoms with E-state index in [0.29, 0.717) is 11.0 Å². The summed E-state index contributed by atoms with van der Waals surface area (Å²) in [5.74, 6) is 3.68. The van der Waals surface area contributed by atoms with Gasteiger partial charge in [-0.1, -0.05) is 19.1 Å². The van der Waals surface area contributed by atoms with Gasteiger partial charge in [-0.05, 0) is 83.6 Å². The summed E-state index contributed by atoms with van der Waals surface area (Å²) in [6.07, 6.45) is 4.21. The van der Waals surface area contributed by atoms with E-state index in [0.717, 1.165) is 52.7 Å². The highest BCUT2D eigenvalue weighted by Gasteiger charge is 2.33. The van der Waals surface area contributed by atoms with E-state index in [9.17, 15) is 0 Å². The minimum absolute atomic E-state index is 0.00107. The molecular weight excluding hydrogens is 412 g/mol. The maximum atomic E-state index is 5.60. The lowest BCUT2D eigenvalue weighted by molar-refractivity contribution is 0.173. The number of allylic oxidation sites excluding steroid dienone is 1. The molecule has 3 aliphatic heterocycles. The molecule has 3 heterocycles. The van der Waals surface area contributed by atoms with Crippen molar-refractivity contribution in [1.82, 2.24) is 10.6 Å². The lowest BCUT2D eigenvalue weighted by Gasteiger charge is -2.38. The van der Waals surface area contributed by atoms with Gasteiger partial charge < -0.3 is 29.6 Å². The maximum absolute atomic E-state index is 5.60. The molecule has 0 amide bonds. The van der Waals surface area contributed by atoms with Crippen molar-refractivity contribution in [3.8, 4) is 23.0 Å². The SMILES string of the molecule is CC1CC(=Cc2ccc3c(c2)OCO3)C2=C(C1)C(c1ccc3c(c1)OCO3)NC(=S)N2. The Balaban J connectivity index is 1.41. The van der Waals surface area contributed by atoms with Gasteiger partial charge in [0.05, 0.1) is 6.04 Å². The third kappa shape index (κ3) is 3.29. The van der Waals surface area contributed by atoms with Crippen LogP contribution in [-0.4, -0.2) is 18.7 Å². The van der Waals surface area contributed by atoms with Crippen LogP contribution >= 0.6 is 12.2 Å². The van der Waals surface area contributed by atoms with Crippen molar-refractivity contribution in [3.63, 3.8) is 0 Å². The average molecular weight is 435 g/mol. The quantitative estimate of drug-likeness (QED) is 0.678. The van der Waals surface area contributed by atoms with E-state index < -0.39 is 0 Å². The fraction of sp³-hybridized carbons (Fsp3) is 0.292. The molecule has 0 saturated carbocycles.